The molecule has 0 bridgehead atoms. The summed E-state index contributed by atoms with van der Waals surface area (Å²) in [5.41, 5.74) is 1.89. The van der Waals surface area contributed by atoms with Crippen LogP contribution in [0.3, 0.4) is 0 Å². The van der Waals surface area contributed by atoms with Gasteiger partial charge in [0.1, 0.15) is 11.9 Å². The van der Waals surface area contributed by atoms with E-state index in [9.17, 15) is 9.59 Å². The number of imidazole rings is 1. The molecule has 0 unspecified atom stereocenters. The molecule has 8 heteroatoms. The number of aromatic amines is 1. The van der Waals surface area contributed by atoms with Crippen LogP contribution < -0.4 is 5.32 Å². The van der Waals surface area contributed by atoms with Gasteiger partial charge in [-0.15, -0.1) is 0 Å². The summed E-state index contributed by atoms with van der Waals surface area (Å²) in [6, 6.07) is 12.0. The SMILES string of the molecule is COC(=O)N[C@H](C(=O)N1[C@@H]2C[C@@H]2C[C@H]1c1nc(-c2ccc3cc(Br)ccc3c2)c[nH]1)C(C)C. The minimum atomic E-state index is -0.631. The number of amides is 2. The molecule has 0 radical (unpaired) electrons. The number of rotatable bonds is 5. The first-order valence-electron chi connectivity index (χ1n) is 11.3. The van der Waals surface area contributed by atoms with Crippen molar-refractivity contribution in [3.63, 3.8) is 0 Å². The number of carbonyl (C=O) groups is 2. The molecule has 1 saturated carbocycles. The number of methoxy groups -OCH3 is 1. The molecule has 2 fully saturated rings. The molecule has 3 aromatic rings. The average molecular weight is 511 g/mol. The fourth-order valence-electron chi connectivity index (χ4n) is 4.91. The van der Waals surface area contributed by atoms with Crippen LogP contribution in [0.1, 0.15) is 38.6 Å². The van der Waals surface area contributed by atoms with Crippen LogP contribution in [0.25, 0.3) is 22.0 Å². The van der Waals surface area contributed by atoms with E-state index in [1.165, 1.54) is 7.11 Å². The van der Waals surface area contributed by atoms with Crippen molar-refractivity contribution in [3.8, 4) is 11.3 Å². The number of nitrogens with one attached hydrogen (secondary N) is 2. The van der Waals surface area contributed by atoms with Crippen LogP contribution in [0.4, 0.5) is 4.79 Å². The smallest absolute Gasteiger partial charge is 0.407 e. The maximum Gasteiger partial charge on any atom is 0.407 e. The Kier molecular flexibility index (Phi) is 5.64. The van der Waals surface area contributed by atoms with E-state index in [0.29, 0.717) is 5.92 Å². The van der Waals surface area contributed by atoms with Gasteiger partial charge in [-0.05, 0) is 53.6 Å². The van der Waals surface area contributed by atoms with Gasteiger partial charge in [0.15, 0.2) is 0 Å². The van der Waals surface area contributed by atoms with Crippen molar-refractivity contribution >= 4 is 38.7 Å². The molecule has 5 rings (SSSR count). The summed E-state index contributed by atoms with van der Waals surface area (Å²) in [5, 5.41) is 5.03. The van der Waals surface area contributed by atoms with Crippen molar-refractivity contribution in [1.29, 1.82) is 0 Å². The molecule has 2 amide bonds. The molecule has 2 heterocycles. The molecule has 0 spiro atoms. The van der Waals surface area contributed by atoms with Crippen molar-refractivity contribution in [2.45, 2.75) is 44.8 Å². The zero-order chi connectivity index (χ0) is 23.3. The van der Waals surface area contributed by atoms with Gasteiger partial charge in [-0.2, -0.15) is 0 Å². The Labute approximate surface area is 201 Å². The Hall–Kier alpha value is -2.87. The fourth-order valence-corrected chi connectivity index (χ4v) is 5.29. The molecule has 2 aliphatic rings. The highest BCUT2D eigenvalue weighted by Crippen LogP contribution is 2.53. The highest BCUT2D eigenvalue weighted by molar-refractivity contribution is 9.10. The maximum atomic E-state index is 13.5. The number of alkyl carbamates (subject to hydrolysis) is 1. The van der Waals surface area contributed by atoms with Crippen molar-refractivity contribution < 1.29 is 14.3 Å². The Morgan fingerprint density at radius 1 is 1.18 bits per heavy atom. The van der Waals surface area contributed by atoms with Crippen molar-refractivity contribution in [1.82, 2.24) is 20.2 Å². The van der Waals surface area contributed by atoms with E-state index < -0.39 is 12.1 Å². The van der Waals surface area contributed by atoms with E-state index in [1.54, 1.807) is 0 Å². The number of hydrogen-bond acceptors (Lipinski definition) is 4. The van der Waals surface area contributed by atoms with Gasteiger partial charge in [0.05, 0.1) is 18.8 Å². The largest absolute Gasteiger partial charge is 0.453 e. The van der Waals surface area contributed by atoms with Gasteiger partial charge in [0.2, 0.25) is 5.91 Å². The van der Waals surface area contributed by atoms with Crippen LogP contribution in [0.2, 0.25) is 0 Å². The lowest BCUT2D eigenvalue weighted by atomic mass is 10.0. The molecule has 2 aromatic carbocycles. The minimum absolute atomic E-state index is 0.0557. The number of likely N-dealkylation sites (tertiary alicyclic amines) is 1. The average Bonchev–Trinajstić information content (AvgIpc) is 3.21. The highest BCUT2D eigenvalue weighted by atomic mass is 79.9. The lowest BCUT2D eigenvalue weighted by Gasteiger charge is -2.31. The summed E-state index contributed by atoms with van der Waals surface area (Å²) in [7, 11) is 1.31. The Bertz CT molecular complexity index is 1220. The number of carbonyl (C=O) groups excluding carboxylic acids is 2. The first-order chi connectivity index (χ1) is 15.9. The van der Waals surface area contributed by atoms with Crippen LogP contribution in [0.5, 0.6) is 0 Å². The summed E-state index contributed by atoms with van der Waals surface area (Å²) in [6.45, 7) is 3.86. The third kappa shape index (κ3) is 4.12. The van der Waals surface area contributed by atoms with Crippen LogP contribution in [0, 0.1) is 11.8 Å². The number of benzene rings is 2. The monoisotopic (exact) mass is 510 g/mol. The summed E-state index contributed by atoms with van der Waals surface area (Å²) in [5.74, 6) is 1.17. The zero-order valence-electron chi connectivity index (χ0n) is 18.8. The number of H-pyrrole nitrogens is 1. The second-order valence-corrected chi connectivity index (χ2v) is 10.2. The van der Waals surface area contributed by atoms with Gasteiger partial charge in [-0.25, -0.2) is 9.78 Å². The van der Waals surface area contributed by atoms with E-state index in [2.05, 4.69) is 56.6 Å². The molecule has 7 nitrogen and oxygen atoms in total. The second kappa shape index (κ2) is 8.48. The van der Waals surface area contributed by atoms with Gasteiger partial charge in [0.25, 0.3) is 0 Å². The number of hydrogen-bond donors (Lipinski definition) is 2. The number of nitrogens with zero attached hydrogens (tertiary/aromatic N) is 2. The van der Waals surface area contributed by atoms with E-state index >= 15 is 0 Å². The Morgan fingerprint density at radius 3 is 2.70 bits per heavy atom. The number of halogens is 1. The third-order valence-corrected chi connectivity index (χ3v) is 7.25. The molecule has 4 atom stereocenters. The van der Waals surface area contributed by atoms with Crippen LogP contribution in [-0.4, -0.2) is 46.1 Å². The molecule has 1 aliphatic carbocycles. The van der Waals surface area contributed by atoms with Gasteiger partial charge in [-0.3, -0.25) is 4.79 Å². The molecular formula is C25H27BrN4O3. The van der Waals surface area contributed by atoms with Gasteiger partial charge in [-0.1, -0.05) is 48.0 Å². The standard InChI is InChI=1S/C25H27BrN4O3/c1-13(2)22(29-25(32)33-3)24(31)30-20-10-17(20)11-21(30)23-27-12-19(28-23)16-5-4-15-9-18(26)7-6-14(15)8-16/h4-9,12-13,17,20-22H,10-11H2,1-3H3,(H,27,28)(H,29,32)/t17-,20-,21+,22+/m1/s1. The van der Waals surface area contributed by atoms with E-state index in [-0.39, 0.29) is 23.9 Å². The summed E-state index contributed by atoms with van der Waals surface area (Å²) >= 11 is 3.52. The minimum Gasteiger partial charge on any atom is -0.453 e. The molecule has 1 saturated heterocycles. The first-order valence-corrected chi connectivity index (χ1v) is 12.1. The van der Waals surface area contributed by atoms with E-state index in [4.69, 9.17) is 9.72 Å². The maximum absolute atomic E-state index is 13.5. The van der Waals surface area contributed by atoms with Crippen molar-refractivity contribution in [2.24, 2.45) is 11.8 Å². The number of piperidine rings is 1. The van der Waals surface area contributed by atoms with Gasteiger partial charge >= 0.3 is 6.09 Å². The normalized spacial score (nSPS) is 22.3. The predicted molar refractivity (Wildman–Crippen MR) is 129 cm³/mol. The molecule has 172 valence electrons. The van der Waals surface area contributed by atoms with Crippen LogP contribution >= 0.6 is 15.9 Å². The second-order valence-electron chi connectivity index (χ2n) is 9.29. The molecule has 2 N–H and O–H groups in total. The summed E-state index contributed by atoms with van der Waals surface area (Å²) in [6.07, 6.45) is 3.22. The first kappa shape index (κ1) is 21.9. The fraction of sp³-hybridized carbons (Fsp3) is 0.400. The topological polar surface area (TPSA) is 87.3 Å². The predicted octanol–water partition coefficient (Wildman–Crippen LogP) is 5.03. The third-order valence-electron chi connectivity index (χ3n) is 6.76. The van der Waals surface area contributed by atoms with E-state index in [1.807, 2.05) is 31.0 Å². The lowest BCUT2D eigenvalue weighted by molar-refractivity contribution is -0.136. The highest BCUT2D eigenvalue weighted by Gasteiger charge is 2.56. The van der Waals surface area contributed by atoms with E-state index in [0.717, 1.165) is 45.2 Å². The lowest BCUT2D eigenvalue weighted by Crippen LogP contribution is -2.52. The van der Waals surface area contributed by atoms with Crippen LogP contribution in [0.15, 0.2) is 47.1 Å². The Balaban J connectivity index is 1.41. The zero-order valence-corrected chi connectivity index (χ0v) is 20.4. The van der Waals surface area contributed by atoms with Crippen molar-refractivity contribution in [3.05, 3.63) is 52.9 Å². The summed E-state index contributed by atoms with van der Waals surface area (Å²) < 4.78 is 5.79. The molecular weight excluding hydrogens is 484 g/mol. The molecule has 1 aliphatic heterocycles. The van der Waals surface area contributed by atoms with Crippen LogP contribution in [-0.2, 0) is 9.53 Å². The number of aromatic nitrogens is 2. The molecule has 1 aromatic heterocycles. The Morgan fingerprint density at radius 2 is 1.94 bits per heavy atom. The quantitative estimate of drug-likeness (QED) is 0.503. The van der Waals surface area contributed by atoms with Gasteiger partial charge in [0, 0.05) is 22.3 Å². The molecule has 33 heavy (non-hydrogen) atoms. The number of ether oxygens (including phenoxy) is 1. The summed E-state index contributed by atoms with van der Waals surface area (Å²) in [4.78, 5) is 35.5. The number of fused-ring (bicyclic) bond motifs is 2. The van der Waals surface area contributed by atoms with Crippen molar-refractivity contribution in [2.75, 3.05) is 7.11 Å². The van der Waals surface area contributed by atoms with Gasteiger partial charge < -0.3 is 19.9 Å².